The van der Waals surface area contributed by atoms with E-state index in [9.17, 15) is 4.79 Å². The molecule has 0 fully saturated rings. The third-order valence-corrected chi connectivity index (χ3v) is 4.55. The number of unbranched alkanes of at least 4 members (excludes halogenated alkanes) is 12. The Labute approximate surface area is 138 Å². The van der Waals surface area contributed by atoms with E-state index in [-0.39, 0.29) is 5.78 Å². The van der Waals surface area contributed by atoms with E-state index in [0.717, 1.165) is 12.8 Å². The van der Waals surface area contributed by atoms with Gasteiger partial charge in [-0.2, -0.15) is 0 Å². The maximum absolute atomic E-state index is 11.5. The highest BCUT2D eigenvalue weighted by molar-refractivity contribution is 5.96. The minimum atomic E-state index is -0.709. The Bertz CT molecular complexity index is 283. The molecule has 0 amide bonds. The van der Waals surface area contributed by atoms with Crippen LogP contribution in [-0.4, -0.2) is 11.3 Å². The van der Waals surface area contributed by atoms with Gasteiger partial charge in [-0.15, -0.1) is 0 Å². The predicted octanol–water partition coefficient (Wildman–Crippen LogP) is 5.94. The molecule has 130 valence electrons. The van der Waals surface area contributed by atoms with E-state index in [1.165, 1.54) is 83.1 Å². The minimum Gasteiger partial charge on any atom is -0.319 e. The van der Waals surface area contributed by atoms with Crippen LogP contribution in [0.3, 0.4) is 0 Å². The summed E-state index contributed by atoms with van der Waals surface area (Å²) in [4.78, 5) is 11.5. The summed E-state index contributed by atoms with van der Waals surface area (Å²) in [5.74, 6) is -0.0357. The van der Waals surface area contributed by atoms with Crippen molar-refractivity contribution in [3.63, 3.8) is 0 Å². The van der Waals surface area contributed by atoms with Crippen molar-refractivity contribution in [3.8, 4) is 0 Å². The van der Waals surface area contributed by atoms with Gasteiger partial charge >= 0.3 is 0 Å². The first kappa shape index (κ1) is 21.4. The first-order chi connectivity index (χ1) is 10.5. The van der Waals surface area contributed by atoms with Gasteiger partial charge in [-0.1, -0.05) is 97.0 Å². The molecule has 1 atom stereocenters. The molecule has 0 radical (unpaired) electrons. The van der Waals surface area contributed by atoms with Crippen molar-refractivity contribution in [1.29, 1.82) is 0 Å². The van der Waals surface area contributed by atoms with Crippen molar-refractivity contribution in [2.45, 2.75) is 109 Å². The molecule has 0 spiro atoms. The normalized spacial score (nSPS) is 13.8. The van der Waals surface area contributed by atoms with Crippen LogP contribution in [0.1, 0.15) is 104 Å². The van der Waals surface area contributed by atoms with Crippen molar-refractivity contribution in [2.24, 2.45) is 5.73 Å². The molecule has 22 heavy (non-hydrogen) atoms. The average Bonchev–Trinajstić information content (AvgIpc) is 2.50. The zero-order valence-electron chi connectivity index (χ0n) is 15.2. The van der Waals surface area contributed by atoms with E-state index >= 15 is 0 Å². The summed E-state index contributed by atoms with van der Waals surface area (Å²) in [6, 6.07) is 0. The fourth-order valence-electron chi connectivity index (χ4n) is 2.87. The summed E-state index contributed by atoms with van der Waals surface area (Å²) >= 11 is 0. The van der Waals surface area contributed by atoms with Crippen molar-refractivity contribution < 1.29 is 4.79 Å². The molecule has 0 aliphatic carbocycles. The van der Waals surface area contributed by atoms with Crippen LogP contribution in [0.4, 0.5) is 0 Å². The van der Waals surface area contributed by atoms with Crippen LogP contribution in [0, 0.1) is 0 Å². The Morgan fingerprint density at radius 3 is 1.59 bits per heavy atom. The number of hydrogen-bond acceptors (Lipinski definition) is 2. The van der Waals surface area contributed by atoms with Crippen molar-refractivity contribution in [1.82, 2.24) is 0 Å². The van der Waals surface area contributed by atoms with Crippen molar-refractivity contribution >= 4 is 5.78 Å². The second-order valence-corrected chi connectivity index (χ2v) is 6.98. The lowest BCUT2D eigenvalue weighted by Crippen LogP contribution is -2.43. The molecule has 0 aromatic heterocycles. The van der Waals surface area contributed by atoms with Crippen LogP contribution in [0.15, 0.2) is 12.7 Å². The van der Waals surface area contributed by atoms with E-state index < -0.39 is 5.54 Å². The van der Waals surface area contributed by atoms with Gasteiger partial charge in [0.25, 0.3) is 0 Å². The van der Waals surface area contributed by atoms with Gasteiger partial charge in [0.15, 0.2) is 5.78 Å². The zero-order valence-corrected chi connectivity index (χ0v) is 15.2. The SMILES string of the molecule is C=CC(=O)C(C)(N)CCCCCCCCCCCCCCC. The second-order valence-electron chi connectivity index (χ2n) is 6.98. The van der Waals surface area contributed by atoms with Crippen molar-refractivity contribution in [2.75, 3.05) is 0 Å². The lowest BCUT2D eigenvalue weighted by molar-refractivity contribution is -0.119. The van der Waals surface area contributed by atoms with Crippen LogP contribution in [0.2, 0.25) is 0 Å². The Balaban J connectivity index is 3.27. The molecule has 0 aromatic rings. The number of ketones is 1. The molecule has 0 saturated heterocycles. The number of hydrogen-bond donors (Lipinski definition) is 1. The summed E-state index contributed by atoms with van der Waals surface area (Å²) in [6.45, 7) is 7.60. The van der Waals surface area contributed by atoms with Crippen LogP contribution in [0.25, 0.3) is 0 Å². The molecule has 0 rings (SSSR count). The van der Waals surface area contributed by atoms with Crippen LogP contribution in [-0.2, 0) is 4.79 Å². The summed E-state index contributed by atoms with van der Waals surface area (Å²) in [6.07, 6.45) is 19.5. The standard InChI is InChI=1S/C20H39NO/c1-4-6-7-8-9-10-11-12-13-14-15-16-17-18-20(3,21)19(22)5-2/h5H,2,4,6-18,21H2,1,3H3. The van der Waals surface area contributed by atoms with Crippen LogP contribution < -0.4 is 5.73 Å². The molecule has 2 nitrogen and oxygen atoms in total. The number of rotatable bonds is 16. The van der Waals surface area contributed by atoms with Gasteiger partial charge in [-0.3, -0.25) is 4.79 Å². The predicted molar refractivity (Wildman–Crippen MR) is 98.1 cm³/mol. The first-order valence-electron chi connectivity index (χ1n) is 9.50. The average molecular weight is 310 g/mol. The number of carbonyl (C=O) groups is 1. The van der Waals surface area contributed by atoms with Gasteiger partial charge in [0.2, 0.25) is 0 Å². The smallest absolute Gasteiger partial charge is 0.174 e. The fourth-order valence-corrected chi connectivity index (χ4v) is 2.87. The minimum absolute atomic E-state index is 0.0357. The van der Waals surface area contributed by atoms with Gasteiger partial charge in [0.05, 0.1) is 5.54 Å². The molecule has 0 saturated carbocycles. The number of carbonyl (C=O) groups excluding carboxylic acids is 1. The van der Waals surface area contributed by atoms with Crippen molar-refractivity contribution in [3.05, 3.63) is 12.7 Å². The monoisotopic (exact) mass is 309 g/mol. The number of nitrogens with two attached hydrogens (primary N) is 1. The quantitative estimate of drug-likeness (QED) is 0.283. The van der Waals surface area contributed by atoms with E-state index in [4.69, 9.17) is 5.73 Å². The topological polar surface area (TPSA) is 43.1 Å². The Morgan fingerprint density at radius 2 is 1.23 bits per heavy atom. The Morgan fingerprint density at radius 1 is 0.864 bits per heavy atom. The summed E-state index contributed by atoms with van der Waals surface area (Å²) in [7, 11) is 0. The maximum atomic E-state index is 11.5. The Hall–Kier alpha value is -0.630. The van der Waals surface area contributed by atoms with Gasteiger partial charge in [0.1, 0.15) is 0 Å². The van der Waals surface area contributed by atoms with E-state index in [1.54, 1.807) is 0 Å². The van der Waals surface area contributed by atoms with Gasteiger partial charge in [-0.25, -0.2) is 0 Å². The third-order valence-electron chi connectivity index (χ3n) is 4.55. The highest BCUT2D eigenvalue weighted by Gasteiger charge is 2.24. The lowest BCUT2D eigenvalue weighted by atomic mass is 9.90. The highest BCUT2D eigenvalue weighted by atomic mass is 16.1. The van der Waals surface area contributed by atoms with Gasteiger partial charge in [-0.05, 0) is 19.4 Å². The molecular formula is C20H39NO. The second kappa shape index (κ2) is 14.0. The summed E-state index contributed by atoms with van der Waals surface area (Å²) in [5.41, 5.74) is 5.28. The molecule has 1 unspecified atom stereocenters. The largest absolute Gasteiger partial charge is 0.319 e. The molecular weight excluding hydrogens is 270 g/mol. The summed E-state index contributed by atoms with van der Waals surface area (Å²) < 4.78 is 0. The van der Waals surface area contributed by atoms with E-state index in [1.807, 2.05) is 6.92 Å². The van der Waals surface area contributed by atoms with Crippen LogP contribution >= 0.6 is 0 Å². The molecule has 0 heterocycles. The third kappa shape index (κ3) is 12.0. The van der Waals surface area contributed by atoms with Gasteiger partial charge in [0, 0.05) is 0 Å². The first-order valence-corrected chi connectivity index (χ1v) is 9.50. The summed E-state index contributed by atoms with van der Waals surface area (Å²) in [5, 5.41) is 0. The lowest BCUT2D eigenvalue weighted by Gasteiger charge is -2.20. The maximum Gasteiger partial charge on any atom is 0.174 e. The molecule has 0 aromatic carbocycles. The molecule has 2 N–H and O–H groups in total. The van der Waals surface area contributed by atoms with E-state index in [2.05, 4.69) is 13.5 Å². The highest BCUT2D eigenvalue weighted by Crippen LogP contribution is 2.16. The van der Waals surface area contributed by atoms with Crippen LogP contribution in [0.5, 0.6) is 0 Å². The molecule has 0 aliphatic heterocycles. The molecule has 2 heteroatoms. The molecule has 0 bridgehead atoms. The Kier molecular flexibility index (Phi) is 13.6. The molecule has 0 aliphatic rings. The fraction of sp³-hybridized carbons (Fsp3) is 0.850. The van der Waals surface area contributed by atoms with Gasteiger partial charge < -0.3 is 5.73 Å². The zero-order chi connectivity index (χ0) is 16.7. The van der Waals surface area contributed by atoms with E-state index in [0.29, 0.717) is 0 Å².